The SMILES string of the molecule is CC(C)(C)OC(=O)N1CCCC[C@@H](Nc2c([N+](=O)[O-])cnc3c2ccn3S(=O)(=O)c2ccccc2)C1. The second-order valence-corrected chi connectivity index (χ2v) is 11.5. The molecule has 3 aromatic rings. The van der Waals surface area contributed by atoms with Crippen molar-refractivity contribution < 1.29 is 22.9 Å². The Morgan fingerprint density at radius 3 is 2.58 bits per heavy atom. The maximum Gasteiger partial charge on any atom is 0.410 e. The molecule has 192 valence electrons. The predicted octanol–water partition coefficient (Wildman–Crippen LogP) is 4.38. The molecule has 0 saturated carbocycles. The molecule has 1 aliphatic rings. The first-order valence-corrected chi connectivity index (χ1v) is 13.1. The van der Waals surface area contributed by atoms with Crippen molar-refractivity contribution in [3.8, 4) is 0 Å². The molecule has 1 N–H and O–H groups in total. The summed E-state index contributed by atoms with van der Waals surface area (Å²) in [6.45, 7) is 6.20. The zero-order chi connectivity index (χ0) is 26.1. The van der Waals surface area contributed by atoms with Gasteiger partial charge in [-0.2, -0.15) is 0 Å². The van der Waals surface area contributed by atoms with E-state index in [4.69, 9.17) is 4.74 Å². The zero-order valence-corrected chi connectivity index (χ0v) is 21.2. The molecular weight excluding hydrogens is 486 g/mol. The van der Waals surface area contributed by atoms with Gasteiger partial charge in [0.1, 0.15) is 17.5 Å². The van der Waals surface area contributed by atoms with Crippen LogP contribution in [0, 0.1) is 10.1 Å². The summed E-state index contributed by atoms with van der Waals surface area (Å²) in [6, 6.07) is 9.09. The van der Waals surface area contributed by atoms with Crippen LogP contribution in [0.25, 0.3) is 11.0 Å². The predicted molar refractivity (Wildman–Crippen MR) is 134 cm³/mol. The summed E-state index contributed by atoms with van der Waals surface area (Å²) >= 11 is 0. The Kier molecular flexibility index (Phi) is 6.90. The number of fused-ring (bicyclic) bond motifs is 1. The number of aromatic nitrogens is 2. The van der Waals surface area contributed by atoms with Gasteiger partial charge in [0.2, 0.25) is 0 Å². The van der Waals surface area contributed by atoms with Gasteiger partial charge in [0.05, 0.1) is 15.2 Å². The van der Waals surface area contributed by atoms with Crippen LogP contribution in [0.15, 0.2) is 53.7 Å². The Morgan fingerprint density at radius 2 is 1.92 bits per heavy atom. The summed E-state index contributed by atoms with van der Waals surface area (Å²) < 4.78 is 33.0. The van der Waals surface area contributed by atoms with Crippen molar-refractivity contribution in [3.05, 3.63) is 58.9 Å². The number of pyridine rings is 1. The van der Waals surface area contributed by atoms with Crippen LogP contribution in [0.3, 0.4) is 0 Å². The van der Waals surface area contributed by atoms with Crippen molar-refractivity contribution in [1.29, 1.82) is 0 Å². The third-order valence-electron chi connectivity index (χ3n) is 5.83. The summed E-state index contributed by atoms with van der Waals surface area (Å²) in [4.78, 5) is 29.8. The lowest BCUT2D eigenvalue weighted by molar-refractivity contribution is -0.384. The van der Waals surface area contributed by atoms with Gasteiger partial charge >= 0.3 is 11.8 Å². The van der Waals surface area contributed by atoms with Gasteiger partial charge in [-0.1, -0.05) is 18.2 Å². The molecule has 36 heavy (non-hydrogen) atoms. The molecule has 0 aliphatic carbocycles. The third-order valence-corrected chi connectivity index (χ3v) is 7.51. The molecular formula is C24H29N5O6S. The van der Waals surface area contributed by atoms with E-state index in [1.807, 2.05) is 0 Å². The standard InChI is InChI=1S/C24H29N5O6S/c1-24(2,3)35-23(30)27-13-8-7-9-17(16-27)26-21-19-12-14-28(22(19)25-15-20(21)29(31)32)36(33,34)18-10-5-4-6-11-18/h4-6,10-12,14-15,17H,7-9,13,16H2,1-3H3,(H,25,26)/t17-/m1/s1. The zero-order valence-electron chi connectivity index (χ0n) is 20.4. The van der Waals surface area contributed by atoms with Crippen LogP contribution < -0.4 is 5.32 Å². The van der Waals surface area contributed by atoms with E-state index in [-0.39, 0.29) is 28.0 Å². The molecule has 2 aromatic heterocycles. The minimum atomic E-state index is -3.96. The van der Waals surface area contributed by atoms with Crippen LogP contribution in [0.2, 0.25) is 0 Å². The monoisotopic (exact) mass is 515 g/mol. The molecule has 0 spiro atoms. The van der Waals surface area contributed by atoms with Gasteiger partial charge in [-0.15, -0.1) is 0 Å². The summed E-state index contributed by atoms with van der Waals surface area (Å²) in [5.41, 5.74) is -0.673. The van der Waals surface area contributed by atoms with E-state index in [9.17, 15) is 23.3 Å². The van der Waals surface area contributed by atoms with Gasteiger partial charge in [0.25, 0.3) is 10.0 Å². The van der Waals surface area contributed by atoms with E-state index in [1.54, 1.807) is 43.9 Å². The van der Waals surface area contributed by atoms with Gasteiger partial charge in [-0.05, 0) is 58.2 Å². The highest BCUT2D eigenvalue weighted by Gasteiger charge is 2.30. The molecule has 0 bridgehead atoms. The molecule has 3 heterocycles. The van der Waals surface area contributed by atoms with Crippen LogP contribution in [0.4, 0.5) is 16.2 Å². The van der Waals surface area contributed by atoms with Crippen molar-refractivity contribution in [2.75, 3.05) is 18.4 Å². The number of hydrogen-bond acceptors (Lipinski definition) is 8. The van der Waals surface area contributed by atoms with Crippen LogP contribution in [-0.4, -0.2) is 58.0 Å². The summed E-state index contributed by atoms with van der Waals surface area (Å²) in [5, 5.41) is 15.4. The second kappa shape index (κ2) is 9.76. The second-order valence-electron chi connectivity index (χ2n) is 9.71. The van der Waals surface area contributed by atoms with E-state index < -0.39 is 26.6 Å². The van der Waals surface area contributed by atoms with E-state index in [2.05, 4.69) is 10.3 Å². The first-order chi connectivity index (χ1) is 17.0. The molecule has 0 radical (unpaired) electrons. The number of nitrogens with zero attached hydrogens (tertiary/aromatic N) is 4. The summed E-state index contributed by atoms with van der Waals surface area (Å²) in [6.07, 6.45) is 4.22. The normalized spacial score (nSPS) is 17.0. The molecule has 1 amide bonds. The van der Waals surface area contributed by atoms with Crippen LogP contribution in [0.5, 0.6) is 0 Å². The number of anilines is 1. The number of nitrogens with one attached hydrogen (secondary N) is 1. The van der Waals surface area contributed by atoms with E-state index >= 15 is 0 Å². The Balaban J connectivity index is 1.71. The molecule has 1 saturated heterocycles. The highest BCUT2D eigenvalue weighted by molar-refractivity contribution is 7.90. The van der Waals surface area contributed by atoms with E-state index in [0.717, 1.165) is 23.0 Å². The fourth-order valence-corrected chi connectivity index (χ4v) is 5.52. The van der Waals surface area contributed by atoms with Crippen LogP contribution in [0.1, 0.15) is 40.0 Å². The molecule has 1 aliphatic heterocycles. The van der Waals surface area contributed by atoms with Crippen molar-refractivity contribution in [2.24, 2.45) is 0 Å². The number of amides is 1. The molecule has 12 heteroatoms. The minimum Gasteiger partial charge on any atom is -0.444 e. The number of hydrogen-bond donors (Lipinski definition) is 1. The van der Waals surface area contributed by atoms with Gasteiger partial charge in [-0.3, -0.25) is 10.1 Å². The van der Waals surface area contributed by atoms with Gasteiger partial charge in [0.15, 0.2) is 5.65 Å². The maximum atomic E-state index is 13.2. The molecule has 1 atom stereocenters. The minimum absolute atomic E-state index is 0.0737. The first-order valence-electron chi connectivity index (χ1n) is 11.7. The van der Waals surface area contributed by atoms with Gasteiger partial charge in [-0.25, -0.2) is 22.2 Å². The first kappa shape index (κ1) is 25.4. The Hall–Kier alpha value is -3.67. The Morgan fingerprint density at radius 1 is 1.19 bits per heavy atom. The Bertz CT molecular complexity index is 1380. The average Bonchev–Trinajstić information content (AvgIpc) is 3.12. The highest BCUT2D eigenvalue weighted by atomic mass is 32.2. The topological polar surface area (TPSA) is 137 Å². The van der Waals surface area contributed by atoms with Crippen molar-refractivity contribution in [1.82, 2.24) is 13.9 Å². The molecule has 1 fully saturated rings. The molecule has 1 aromatic carbocycles. The van der Waals surface area contributed by atoms with E-state index in [1.165, 1.54) is 24.4 Å². The largest absolute Gasteiger partial charge is 0.444 e. The molecule has 0 unspecified atom stereocenters. The van der Waals surface area contributed by atoms with Gasteiger partial charge < -0.3 is 15.0 Å². The number of likely N-dealkylation sites (tertiary alicyclic amines) is 1. The lowest BCUT2D eigenvalue weighted by Gasteiger charge is -2.29. The lowest BCUT2D eigenvalue weighted by Crippen LogP contribution is -2.42. The van der Waals surface area contributed by atoms with Crippen molar-refractivity contribution in [2.45, 2.75) is 56.6 Å². The van der Waals surface area contributed by atoms with Crippen LogP contribution in [-0.2, 0) is 14.8 Å². The fraction of sp³-hybridized carbons (Fsp3) is 0.417. The number of carbonyl (C=O) groups excluding carboxylic acids is 1. The number of rotatable bonds is 5. The average molecular weight is 516 g/mol. The molecule has 4 rings (SSSR count). The maximum absolute atomic E-state index is 13.2. The highest BCUT2D eigenvalue weighted by Crippen LogP contribution is 2.35. The lowest BCUT2D eigenvalue weighted by atomic mass is 10.1. The van der Waals surface area contributed by atoms with E-state index in [0.29, 0.717) is 24.9 Å². The number of benzene rings is 1. The smallest absolute Gasteiger partial charge is 0.410 e. The fourth-order valence-electron chi connectivity index (χ4n) is 4.20. The van der Waals surface area contributed by atoms with Crippen molar-refractivity contribution in [3.63, 3.8) is 0 Å². The summed E-state index contributed by atoms with van der Waals surface area (Å²) in [7, 11) is -3.96. The summed E-state index contributed by atoms with van der Waals surface area (Å²) in [5.74, 6) is 0. The third kappa shape index (κ3) is 5.27. The number of nitro groups is 1. The van der Waals surface area contributed by atoms with Crippen molar-refractivity contribution >= 4 is 38.5 Å². The molecule has 11 nitrogen and oxygen atoms in total. The quantitative estimate of drug-likeness (QED) is 0.390. The van der Waals surface area contributed by atoms with Crippen LogP contribution >= 0.6 is 0 Å². The number of carbonyl (C=O) groups is 1. The Labute approximate surface area is 209 Å². The van der Waals surface area contributed by atoms with Gasteiger partial charge in [0, 0.05) is 25.3 Å². The number of ether oxygens (including phenoxy) is 1.